The Balaban J connectivity index is 2.30. The number of anilines is 2. The number of nitrogen functional groups attached to an aromatic ring is 1. The zero-order valence-electron chi connectivity index (χ0n) is 12.3. The molecular formula is C16H24N2O2. The summed E-state index contributed by atoms with van der Waals surface area (Å²) in [4.78, 5) is 13.4. The molecule has 1 aromatic rings. The molecular weight excluding hydrogens is 252 g/mol. The number of carboxylic acid groups (broad SMARTS) is 1. The lowest BCUT2D eigenvalue weighted by molar-refractivity contribution is 0.0697. The zero-order chi connectivity index (χ0) is 14.7. The number of carboxylic acids is 1. The Labute approximate surface area is 120 Å². The molecule has 0 bridgehead atoms. The maximum atomic E-state index is 11.0. The summed E-state index contributed by atoms with van der Waals surface area (Å²) in [6.45, 7) is 5.36. The number of aromatic carboxylic acids is 1. The van der Waals surface area contributed by atoms with Gasteiger partial charge >= 0.3 is 5.97 Å². The largest absolute Gasteiger partial charge is 0.478 e. The highest BCUT2D eigenvalue weighted by Crippen LogP contribution is 2.33. The van der Waals surface area contributed by atoms with Crippen molar-refractivity contribution in [3.05, 3.63) is 23.8 Å². The third-order valence-corrected chi connectivity index (χ3v) is 3.91. The first kappa shape index (κ1) is 14.7. The van der Waals surface area contributed by atoms with Gasteiger partial charge in [-0.15, -0.1) is 0 Å². The highest BCUT2D eigenvalue weighted by molar-refractivity contribution is 5.90. The van der Waals surface area contributed by atoms with Crippen molar-refractivity contribution in [3.8, 4) is 0 Å². The molecule has 4 heteroatoms. The van der Waals surface area contributed by atoms with Crippen LogP contribution in [0.2, 0.25) is 0 Å². The molecule has 0 amide bonds. The summed E-state index contributed by atoms with van der Waals surface area (Å²) in [5.74, 6) is -0.381. The molecule has 1 aliphatic carbocycles. The Morgan fingerprint density at radius 1 is 1.40 bits per heavy atom. The summed E-state index contributed by atoms with van der Waals surface area (Å²) < 4.78 is 0. The number of rotatable bonds is 5. The molecule has 1 saturated carbocycles. The van der Waals surface area contributed by atoms with Crippen LogP contribution in [0.5, 0.6) is 0 Å². The maximum absolute atomic E-state index is 11.0. The molecule has 1 aromatic carbocycles. The summed E-state index contributed by atoms with van der Waals surface area (Å²) in [7, 11) is 0. The van der Waals surface area contributed by atoms with Crippen molar-refractivity contribution in [3.63, 3.8) is 0 Å². The maximum Gasteiger partial charge on any atom is 0.335 e. The van der Waals surface area contributed by atoms with Gasteiger partial charge in [-0.3, -0.25) is 0 Å². The van der Waals surface area contributed by atoms with E-state index in [9.17, 15) is 4.79 Å². The van der Waals surface area contributed by atoms with Crippen molar-refractivity contribution >= 4 is 17.3 Å². The second-order valence-electron chi connectivity index (χ2n) is 6.06. The van der Waals surface area contributed by atoms with Gasteiger partial charge in [-0.1, -0.05) is 26.7 Å². The first-order chi connectivity index (χ1) is 9.49. The first-order valence-electron chi connectivity index (χ1n) is 7.38. The van der Waals surface area contributed by atoms with Gasteiger partial charge in [0.05, 0.1) is 16.9 Å². The molecule has 1 fully saturated rings. The van der Waals surface area contributed by atoms with Gasteiger partial charge in [0.15, 0.2) is 0 Å². The average molecular weight is 276 g/mol. The Morgan fingerprint density at radius 2 is 2.05 bits per heavy atom. The van der Waals surface area contributed by atoms with E-state index in [4.69, 9.17) is 10.8 Å². The van der Waals surface area contributed by atoms with Crippen LogP contribution < -0.4 is 10.6 Å². The molecule has 0 radical (unpaired) electrons. The van der Waals surface area contributed by atoms with E-state index in [2.05, 4.69) is 18.7 Å². The lowest BCUT2D eigenvalue weighted by atomic mass is 10.1. The van der Waals surface area contributed by atoms with E-state index < -0.39 is 5.97 Å². The van der Waals surface area contributed by atoms with Crippen LogP contribution in [-0.2, 0) is 0 Å². The molecule has 0 aliphatic heterocycles. The van der Waals surface area contributed by atoms with Gasteiger partial charge in [-0.25, -0.2) is 4.79 Å². The van der Waals surface area contributed by atoms with Gasteiger partial charge in [0.1, 0.15) is 0 Å². The molecule has 110 valence electrons. The minimum absolute atomic E-state index is 0.252. The predicted molar refractivity (Wildman–Crippen MR) is 82.3 cm³/mol. The van der Waals surface area contributed by atoms with Crippen LogP contribution in [0.1, 0.15) is 49.9 Å². The Morgan fingerprint density at radius 3 is 2.55 bits per heavy atom. The lowest BCUT2D eigenvalue weighted by Crippen LogP contribution is -2.36. The zero-order valence-corrected chi connectivity index (χ0v) is 12.3. The Hall–Kier alpha value is -1.71. The van der Waals surface area contributed by atoms with E-state index in [0.29, 0.717) is 17.6 Å². The number of benzene rings is 1. The standard InChI is InChI=1S/C16H24N2O2/c1-11(2)10-18(13-5-3-4-6-13)15-8-7-12(16(19)20)9-14(15)17/h7-9,11,13H,3-6,10,17H2,1-2H3,(H,19,20). The van der Waals surface area contributed by atoms with Crippen LogP contribution in [0, 0.1) is 5.92 Å². The topological polar surface area (TPSA) is 66.6 Å². The van der Waals surface area contributed by atoms with Crippen LogP contribution in [0.15, 0.2) is 18.2 Å². The van der Waals surface area contributed by atoms with E-state index in [1.165, 1.54) is 25.7 Å². The van der Waals surface area contributed by atoms with Gasteiger partial charge in [0.2, 0.25) is 0 Å². The van der Waals surface area contributed by atoms with Crippen molar-refractivity contribution in [1.29, 1.82) is 0 Å². The average Bonchev–Trinajstić information content (AvgIpc) is 2.89. The predicted octanol–water partition coefficient (Wildman–Crippen LogP) is 3.37. The highest BCUT2D eigenvalue weighted by atomic mass is 16.4. The number of hydrogen-bond acceptors (Lipinski definition) is 3. The van der Waals surface area contributed by atoms with Gasteiger partial charge < -0.3 is 15.7 Å². The quantitative estimate of drug-likeness (QED) is 0.809. The van der Waals surface area contributed by atoms with Gasteiger partial charge in [0.25, 0.3) is 0 Å². The summed E-state index contributed by atoms with van der Waals surface area (Å²) in [6.07, 6.45) is 4.94. The summed E-state index contributed by atoms with van der Waals surface area (Å²) in [5, 5.41) is 9.03. The second kappa shape index (κ2) is 6.16. The van der Waals surface area contributed by atoms with Gasteiger partial charge in [-0.05, 0) is 37.0 Å². The van der Waals surface area contributed by atoms with Crippen LogP contribution in [0.25, 0.3) is 0 Å². The normalized spacial score (nSPS) is 15.8. The third-order valence-electron chi connectivity index (χ3n) is 3.91. The molecule has 1 aliphatic rings. The molecule has 4 nitrogen and oxygen atoms in total. The fourth-order valence-electron chi connectivity index (χ4n) is 3.00. The SMILES string of the molecule is CC(C)CN(c1ccc(C(=O)O)cc1N)C1CCCC1. The summed E-state index contributed by atoms with van der Waals surface area (Å²) >= 11 is 0. The van der Waals surface area contributed by atoms with E-state index in [0.717, 1.165) is 12.2 Å². The van der Waals surface area contributed by atoms with E-state index in [-0.39, 0.29) is 5.56 Å². The van der Waals surface area contributed by atoms with Crippen molar-refractivity contribution < 1.29 is 9.90 Å². The molecule has 2 rings (SSSR count). The molecule has 0 spiro atoms. The molecule has 0 unspecified atom stereocenters. The molecule has 0 heterocycles. The van der Waals surface area contributed by atoms with E-state index in [1.54, 1.807) is 12.1 Å². The summed E-state index contributed by atoms with van der Waals surface area (Å²) in [6, 6.07) is 5.62. The van der Waals surface area contributed by atoms with Gasteiger partial charge in [0, 0.05) is 12.6 Å². The number of hydrogen-bond donors (Lipinski definition) is 2. The van der Waals surface area contributed by atoms with Crippen molar-refractivity contribution in [2.24, 2.45) is 5.92 Å². The van der Waals surface area contributed by atoms with Crippen LogP contribution in [-0.4, -0.2) is 23.7 Å². The molecule has 0 atom stereocenters. The molecule has 20 heavy (non-hydrogen) atoms. The third kappa shape index (κ3) is 3.24. The van der Waals surface area contributed by atoms with Crippen LogP contribution >= 0.6 is 0 Å². The second-order valence-corrected chi connectivity index (χ2v) is 6.06. The number of carbonyl (C=O) groups is 1. The fourth-order valence-corrected chi connectivity index (χ4v) is 3.00. The molecule has 0 aromatic heterocycles. The van der Waals surface area contributed by atoms with E-state index >= 15 is 0 Å². The molecule has 0 saturated heterocycles. The smallest absolute Gasteiger partial charge is 0.335 e. The van der Waals surface area contributed by atoms with Gasteiger partial charge in [-0.2, -0.15) is 0 Å². The number of nitrogens with zero attached hydrogens (tertiary/aromatic N) is 1. The van der Waals surface area contributed by atoms with E-state index in [1.807, 2.05) is 6.07 Å². The summed E-state index contributed by atoms with van der Waals surface area (Å²) in [5.41, 5.74) is 7.90. The molecule has 3 N–H and O–H groups in total. The van der Waals surface area contributed by atoms with Crippen molar-refractivity contribution in [2.75, 3.05) is 17.2 Å². The Bertz CT molecular complexity index is 479. The minimum Gasteiger partial charge on any atom is -0.478 e. The fraction of sp³-hybridized carbons (Fsp3) is 0.562. The first-order valence-corrected chi connectivity index (χ1v) is 7.38. The van der Waals surface area contributed by atoms with Crippen LogP contribution in [0.4, 0.5) is 11.4 Å². The van der Waals surface area contributed by atoms with Crippen molar-refractivity contribution in [1.82, 2.24) is 0 Å². The lowest BCUT2D eigenvalue weighted by Gasteiger charge is -2.33. The Kier molecular flexibility index (Phi) is 4.53. The highest BCUT2D eigenvalue weighted by Gasteiger charge is 2.25. The minimum atomic E-state index is -0.931. The van der Waals surface area contributed by atoms with Crippen molar-refractivity contribution in [2.45, 2.75) is 45.6 Å². The van der Waals surface area contributed by atoms with Crippen LogP contribution in [0.3, 0.4) is 0 Å². The number of nitrogens with two attached hydrogens (primary N) is 1. The monoisotopic (exact) mass is 276 g/mol.